The Kier molecular flexibility index (Phi) is 3.71. The van der Waals surface area contributed by atoms with E-state index >= 15 is 0 Å². The minimum Gasteiger partial charge on any atom is -0.405 e. The molecule has 0 radical (unpaired) electrons. The summed E-state index contributed by atoms with van der Waals surface area (Å²) >= 11 is 6.04. The third kappa shape index (κ3) is 3.41. The number of hydrogen-bond donors (Lipinski definition) is 0. The van der Waals surface area contributed by atoms with E-state index in [0.29, 0.717) is 16.1 Å². The summed E-state index contributed by atoms with van der Waals surface area (Å²) in [4.78, 5) is 0. The second kappa shape index (κ2) is 5.13. The van der Waals surface area contributed by atoms with Gasteiger partial charge < -0.3 is 4.74 Å². The van der Waals surface area contributed by atoms with Crippen molar-refractivity contribution >= 4 is 11.6 Å². The Morgan fingerprint density at radius 1 is 1.00 bits per heavy atom. The molecule has 0 aliphatic rings. The lowest BCUT2D eigenvalue weighted by atomic mass is 10.0. The standard InChI is InChI=1S/C14H10ClF3O/c1-9-6-7-12(15)11(8-9)10-4-2-3-5-13(10)19-14(16,17)18/h2-8H,1H3. The predicted molar refractivity (Wildman–Crippen MR) is 68.3 cm³/mol. The zero-order valence-corrected chi connectivity index (χ0v) is 10.7. The number of rotatable bonds is 2. The van der Waals surface area contributed by atoms with Crippen LogP contribution in [0.3, 0.4) is 0 Å². The molecule has 1 nitrogen and oxygen atoms in total. The van der Waals surface area contributed by atoms with Crippen LogP contribution in [0, 0.1) is 6.92 Å². The summed E-state index contributed by atoms with van der Waals surface area (Å²) in [6.45, 7) is 1.84. The monoisotopic (exact) mass is 286 g/mol. The highest BCUT2D eigenvalue weighted by atomic mass is 35.5. The lowest BCUT2D eigenvalue weighted by molar-refractivity contribution is -0.274. The zero-order valence-electron chi connectivity index (χ0n) is 9.96. The summed E-state index contributed by atoms with van der Waals surface area (Å²) in [5, 5.41) is 0.379. The molecule has 0 unspecified atom stereocenters. The van der Waals surface area contributed by atoms with Crippen LogP contribution in [0.2, 0.25) is 5.02 Å². The molecule has 0 heterocycles. The average molecular weight is 287 g/mol. The largest absolute Gasteiger partial charge is 0.573 e. The molecule has 0 fully saturated rings. The quantitative estimate of drug-likeness (QED) is 0.736. The lowest BCUT2D eigenvalue weighted by Crippen LogP contribution is -2.17. The molecule has 0 aliphatic carbocycles. The van der Waals surface area contributed by atoms with E-state index in [0.717, 1.165) is 5.56 Å². The highest BCUT2D eigenvalue weighted by Gasteiger charge is 2.32. The first-order chi connectivity index (χ1) is 8.87. The van der Waals surface area contributed by atoms with Crippen molar-refractivity contribution in [3.05, 3.63) is 53.1 Å². The fourth-order valence-corrected chi connectivity index (χ4v) is 1.97. The zero-order chi connectivity index (χ0) is 14.0. The lowest BCUT2D eigenvalue weighted by Gasteiger charge is -2.14. The van der Waals surface area contributed by atoms with Crippen LogP contribution in [0.5, 0.6) is 5.75 Å². The van der Waals surface area contributed by atoms with Gasteiger partial charge in [0.2, 0.25) is 0 Å². The van der Waals surface area contributed by atoms with Gasteiger partial charge in [-0.3, -0.25) is 0 Å². The van der Waals surface area contributed by atoms with E-state index in [2.05, 4.69) is 4.74 Å². The van der Waals surface area contributed by atoms with E-state index in [1.165, 1.54) is 12.1 Å². The summed E-state index contributed by atoms with van der Waals surface area (Å²) in [6, 6.07) is 11.1. The van der Waals surface area contributed by atoms with Crippen LogP contribution in [0.1, 0.15) is 5.56 Å². The Labute approximate surface area is 113 Å². The molecule has 0 bridgehead atoms. The Morgan fingerprint density at radius 2 is 1.68 bits per heavy atom. The third-order valence-corrected chi connectivity index (χ3v) is 2.85. The average Bonchev–Trinajstić information content (AvgIpc) is 2.31. The first kappa shape index (κ1) is 13.7. The van der Waals surface area contributed by atoms with E-state index in [4.69, 9.17) is 11.6 Å². The van der Waals surface area contributed by atoms with Crippen molar-refractivity contribution in [2.75, 3.05) is 0 Å². The van der Waals surface area contributed by atoms with Crippen LogP contribution in [0.15, 0.2) is 42.5 Å². The van der Waals surface area contributed by atoms with Crippen molar-refractivity contribution in [1.82, 2.24) is 0 Å². The summed E-state index contributed by atoms with van der Waals surface area (Å²) < 4.78 is 41.1. The topological polar surface area (TPSA) is 9.23 Å². The first-order valence-corrected chi connectivity index (χ1v) is 5.86. The maximum Gasteiger partial charge on any atom is 0.573 e. The highest BCUT2D eigenvalue weighted by molar-refractivity contribution is 6.33. The van der Waals surface area contributed by atoms with Gasteiger partial charge in [-0.25, -0.2) is 0 Å². The Bertz CT molecular complexity index is 593. The molecule has 0 saturated heterocycles. The molecule has 0 atom stereocenters. The van der Waals surface area contributed by atoms with Crippen molar-refractivity contribution in [1.29, 1.82) is 0 Å². The molecule has 0 aromatic heterocycles. The van der Waals surface area contributed by atoms with Crippen LogP contribution < -0.4 is 4.74 Å². The Hall–Kier alpha value is -1.68. The van der Waals surface area contributed by atoms with Gasteiger partial charge in [-0.15, -0.1) is 13.2 Å². The fraction of sp³-hybridized carbons (Fsp3) is 0.143. The second-order valence-corrected chi connectivity index (χ2v) is 4.43. The molecule has 0 amide bonds. The molecular formula is C14H10ClF3O. The molecule has 19 heavy (non-hydrogen) atoms. The molecule has 0 spiro atoms. The van der Waals surface area contributed by atoms with Gasteiger partial charge in [0.15, 0.2) is 0 Å². The summed E-state index contributed by atoms with van der Waals surface area (Å²) in [5.41, 5.74) is 1.73. The maximum absolute atomic E-state index is 12.4. The third-order valence-electron chi connectivity index (χ3n) is 2.52. The van der Waals surface area contributed by atoms with Gasteiger partial charge in [0.25, 0.3) is 0 Å². The molecule has 5 heteroatoms. The van der Waals surface area contributed by atoms with E-state index in [-0.39, 0.29) is 5.75 Å². The summed E-state index contributed by atoms with van der Waals surface area (Å²) in [6.07, 6.45) is -4.73. The number of para-hydroxylation sites is 1. The van der Waals surface area contributed by atoms with Gasteiger partial charge in [0.1, 0.15) is 5.75 Å². The number of hydrogen-bond acceptors (Lipinski definition) is 1. The minimum atomic E-state index is -4.73. The summed E-state index contributed by atoms with van der Waals surface area (Å²) in [7, 11) is 0. The smallest absolute Gasteiger partial charge is 0.405 e. The fourth-order valence-electron chi connectivity index (χ4n) is 1.75. The van der Waals surface area contributed by atoms with Gasteiger partial charge in [-0.2, -0.15) is 0 Å². The predicted octanol–water partition coefficient (Wildman–Crippen LogP) is 5.21. The van der Waals surface area contributed by atoms with Gasteiger partial charge >= 0.3 is 6.36 Å². The number of benzene rings is 2. The van der Waals surface area contributed by atoms with Crippen molar-refractivity contribution < 1.29 is 17.9 Å². The molecule has 2 aromatic carbocycles. The van der Waals surface area contributed by atoms with Crippen molar-refractivity contribution in [2.24, 2.45) is 0 Å². The first-order valence-electron chi connectivity index (χ1n) is 5.48. The van der Waals surface area contributed by atoms with Gasteiger partial charge in [-0.05, 0) is 25.1 Å². The maximum atomic E-state index is 12.4. The van der Waals surface area contributed by atoms with E-state index in [9.17, 15) is 13.2 Å². The molecule has 0 saturated carbocycles. The molecule has 100 valence electrons. The van der Waals surface area contributed by atoms with Crippen LogP contribution in [-0.2, 0) is 0 Å². The van der Waals surface area contributed by atoms with Crippen molar-refractivity contribution in [3.63, 3.8) is 0 Å². The molecule has 2 aromatic rings. The molecule has 0 aliphatic heterocycles. The van der Waals surface area contributed by atoms with Crippen LogP contribution >= 0.6 is 11.6 Å². The van der Waals surface area contributed by atoms with E-state index in [1.807, 2.05) is 6.92 Å². The highest BCUT2D eigenvalue weighted by Crippen LogP contribution is 2.37. The van der Waals surface area contributed by atoms with Crippen molar-refractivity contribution in [2.45, 2.75) is 13.3 Å². The molecule has 0 N–H and O–H groups in total. The Balaban J connectivity index is 2.53. The van der Waals surface area contributed by atoms with Crippen molar-refractivity contribution in [3.8, 4) is 16.9 Å². The number of halogens is 4. The number of ether oxygens (including phenoxy) is 1. The second-order valence-electron chi connectivity index (χ2n) is 4.03. The van der Waals surface area contributed by atoms with Crippen LogP contribution in [0.4, 0.5) is 13.2 Å². The molecular weight excluding hydrogens is 277 g/mol. The minimum absolute atomic E-state index is 0.262. The number of aryl methyl sites for hydroxylation is 1. The summed E-state index contributed by atoms with van der Waals surface area (Å²) in [5.74, 6) is -0.262. The van der Waals surface area contributed by atoms with Gasteiger partial charge in [0, 0.05) is 16.1 Å². The molecule has 2 rings (SSSR count). The van der Waals surface area contributed by atoms with E-state index < -0.39 is 6.36 Å². The SMILES string of the molecule is Cc1ccc(Cl)c(-c2ccccc2OC(F)(F)F)c1. The van der Waals surface area contributed by atoms with Crippen LogP contribution in [-0.4, -0.2) is 6.36 Å². The van der Waals surface area contributed by atoms with Gasteiger partial charge in [-0.1, -0.05) is 41.4 Å². The Morgan fingerprint density at radius 3 is 2.37 bits per heavy atom. The van der Waals surface area contributed by atoms with Crippen LogP contribution in [0.25, 0.3) is 11.1 Å². The number of alkyl halides is 3. The van der Waals surface area contributed by atoms with E-state index in [1.54, 1.807) is 30.3 Å². The van der Waals surface area contributed by atoms with Gasteiger partial charge in [0.05, 0.1) is 0 Å². The normalized spacial score (nSPS) is 11.4.